The molecule has 22 heavy (non-hydrogen) atoms. The molecule has 6 heteroatoms. The largest absolute Gasteiger partial charge is 0.493 e. The number of nitrogens with zero attached hydrogens (tertiary/aromatic N) is 1. The third kappa shape index (κ3) is 3.78. The van der Waals surface area contributed by atoms with Crippen molar-refractivity contribution in [2.24, 2.45) is 0 Å². The van der Waals surface area contributed by atoms with Crippen LogP contribution in [0.3, 0.4) is 0 Å². The molecule has 0 aliphatic carbocycles. The molecule has 2 aromatic rings. The molecule has 1 heterocycles. The van der Waals surface area contributed by atoms with Gasteiger partial charge in [-0.15, -0.1) is 0 Å². The molecular formula is C16H20N2O4. The van der Waals surface area contributed by atoms with E-state index >= 15 is 0 Å². The topological polar surface area (TPSA) is 73.6 Å². The van der Waals surface area contributed by atoms with Gasteiger partial charge in [-0.3, -0.25) is 4.79 Å². The number of methoxy groups -OCH3 is 2. The van der Waals surface area contributed by atoms with Crippen molar-refractivity contribution in [1.29, 1.82) is 0 Å². The van der Waals surface area contributed by atoms with Gasteiger partial charge in [-0.25, -0.2) is 4.98 Å². The summed E-state index contributed by atoms with van der Waals surface area (Å²) in [4.78, 5) is 16.2. The SMILES string of the molecule is COc1ccc(CC(=O)NCc2oc(C)nc2C)cc1OC. The summed E-state index contributed by atoms with van der Waals surface area (Å²) in [5, 5.41) is 2.82. The highest BCUT2D eigenvalue weighted by Crippen LogP contribution is 2.27. The molecule has 0 aliphatic rings. The second-order valence-electron chi connectivity index (χ2n) is 4.88. The van der Waals surface area contributed by atoms with Crippen molar-refractivity contribution >= 4 is 5.91 Å². The van der Waals surface area contributed by atoms with Gasteiger partial charge in [-0.05, 0) is 24.6 Å². The van der Waals surface area contributed by atoms with Gasteiger partial charge in [0.2, 0.25) is 5.91 Å². The van der Waals surface area contributed by atoms with Gasteiger partial charge in [-0.1, -0.05) is 6.07 Å². The van der Waals surface area contributed by atoms with Crippen LogP contribution < -0.4 is 14.8 Å². The van der Waals surface area contributed by atoms with Crippen molar-refractivity contribution in [3.8, 4) is 11.5 Å². The van der Waals surface area contributed by atoms with Gasteiger partial charge in [0.15, 0.2) is 17.4 Å². The normalized spacial score (nSPS) is 10.4. The Labute approximate surface area is 129 Å². The van der Waals surface area contributed by atoms with Crippen molar-refractivity contribution in [2.75, 3.05) is 14.2 Å². The van der Waals surface area contributed by atoms with Gasteiger partial charge in [0.05, 0.1) is 32.9 Å². The first kappa shape index (κ1) is 15.9. The van der Waals surface area contributed by atoms with Gasteiger partial charge in [0, 0.05) is 6.92 Å². The highest BCUT2D eigenvalue weighted by atomic mass is 16.5. The summed E-state index contributed by atoms with van der Waals surface area (Å²) in [7, 11) is 3.14. The average molecular weight is 304 g/mol. The van der Waals surface area contributed by atoms with Crippen LogP contribution in [0.15, 0.2) is 22.6 Å². The average Bonchev–Trinajstić information content (AvgIpc) is 2.82. The van der Waals surface area contributed by atoms with Crippen molar-refractivity contribution in [2.45, 2.75) is 26.8 Å². The fourth-order valence-electron chi connectivity index (χ4n) is 2.15. The minimum absolute atomic E-state index is 0.0966. The molecule has 118 valence electrons. The molecule has 0 unspecified atom stereocenters. The Hall–Kier alpha value is -2.50. The van der Waals surface area contributed by atoms with Crippen LogP contribution >= 0.6 is 0 Å². The standard InChI is InChI=1S/C16H20N2O4/c1-10-15(22-11(2)18-10)9-17-16(19)8-12-5-6-13(20-3)14(7-12)21-4/h5-7H,8-9H2,1-4H3,(H,17,19). The molecule has 0 spiro atoms. The van der Waals surface area contributed by atoms with Crippen LogP contribution in [0.5, 0.6) is 11.5 Å². The van der Waals surface area contributed by atoms with E-state index in [1.807, 2.05) is 13.0 Å². The predicted molar refractivity (Wildman–Crippen MR) is 81.1 cm³/mol. The molecule has 0 saturated heterocycles. The van der Waals surface area contributed by atoms with E-state index < -0.39 is 0 Å². The van der Waals surface area contributed by atoms with E-state index in [0.29, 0.717) is 29.7 Å². The number of carbonyl (C=O) groups is 1. The molecule has 0 atom stereocenters. The van der Waals surface area contributed by atoms with Crippen molar-refractivity contribution in [3.63, 3.8) is 0 Å². The molecule has 1 N–H and O–H groups in total. The molecule has 0 saturated carbocycles. The fourth-order valence-corrected chi connectivity index (χ4v) is 2.15. The van der Waals surface area contributed by atoms with Crippen LogP contribution in [0, 0.1) is 13.8 Å². The Balaban J connectivity index is 1.96. The molecule has 6 nitrogen and oxygen atoms in total. The highest BCUT2D eigenvalue weighted by molar-refractivity contribution is 5.78. The smallest absolute Gasteiger partial charge is 0.224 e. The molecule has 0 bridgehead atoms. The molecule has 2 rings (SSSR count). The van der Waals surface area contributed by atoms with Gasteiger partial charge < -0.3 is 19.2 Å². The van der Waals surface area contributed by atoms with Crippen LogP contribution in [-0.4, -0.2) is 25.1 Å². The first-order valence-electron chi connectivity index (χ1n) is 6.94. The van der Waals surface area contributed by atoms with Gasteiger partial charge in [0.25, 0.3) is 0 Å². The summed E-state index contributed by atoms with van der Waals surface area (Å²) in [6, 6.07) is 5.42. The second kappa shape index (κ2) is 6.98. The quantitative estimate of drug-likeness (QED) is 0.885. The lowest BCUT2D eigenvalue weighted by Crippen LogP contribution is -2.24. The maximum absolute atomic E-state index is 12.0. The predicted octanol–water partition coefficient (Wildman–Crippen LogP) is 2.17. The third-order valence-electron chi connectivity index (χ3n) is 3.26. The van der Waals surface area contributed by atoms with Crippen molar-refractivity contribution in [1.82, 2.24) is 10.3 Å². The summed E-state index contributed by atoms with van der Waals surface area (Å²) < 4.78 is 15.8. The van der Waals surface area contributed by atoms with E-state index in [0.717, 1.165) is 11.3 Å². The second-order valence-corrected chi connectivity index (χ2v) is 4.88. The molecule has 0 radical (unpaired) electrons. The number of oxazole rings is 1. The van der Waals surface area contributed by atoms with E-state index in [1.54, 1.807) is 33.3 Å². The molecule has 0 fully saturated rings. The fraction of sp³-hybridized carbons (Fsp3) is 0.375. The van der Waals surface area contributed by atoms with Crippen molar-refractivity contribution < 1.29 is 18.7 Å². The summed E-state index contributed by atoms with van der Waals surface area (Å²) in [5.41, 5.74) is 1.64. The maximum Gasteiger partial charge on any atom is 0.224 e. The molecule has 1 aromatic carbocycles. The summed E-state index contributed by atoms with van der Waals surface area (Å²) in [6.07, 6.45) is 0.256. The number of aromatic nitrogens is 1. The Bertz CT molecular complexity index is 664. The number of rotatable bonds is 6. The number of amides is 1. The first-order chi connectivity index (χ1) is 10.5. The number of benzene rings is 1. The van der Waals surface area contributed by atoms with E-state index in [-0.39, 0.29) is 12.3 Å². The van der Waals surface area contributed by atoms with Gasteiger partial charge >= 0.3 is 0 Å². The molecular weight excluding hydrogens is 284 g/mol. The van der Waals surface area contributed by atoms with E-state index in [4.69, 9.17) is 13.9 Å². The minimum atomic E-state index is -0.0966. The van der Waals surface area contributed by atoms with Gasteiger partial charge in [-0.2, -0.15) is 0 Å². The van der Waals surface area contributed by atoms with Crippen LogP contribution in [-0.2, 0) is 17.8 Å². The lowest BCUT2D eigenvalue weighted by Gasteiger charge is -2.09. The number of nitrogens with one attached hydrogen (secondary N) is 1. The Morgan fingerprint density at radius 3 is 2.55 bits per heavy atom. The zero-order valence-corrected chi connectivity index (χ0v) is 13.2. The first-order valence-corrected chi connectivity index (χ1v) is 6.94. The summed E-state index contributed by atoms with van der Waals surface area (Å²) in [6.45, 7) is 3.97. The van der Waals surface area contributed by atoms with Crippen LogP contribution in [0.4, 0.5) is 0 Å². The monoisotopic (exact) mass is 304 g/mol. The Kier molecular flexibility index (Phi) is 5.04. The maximum atomic E-state index is 12.0. The lowest BCUT2D eigenvalue weighted by molar-refractivity contribution is -0.120. The van der Waals surface area contributed by atoms with E-state index in [2.05, 4.69) is 10.3 Å². The lowest BCUT2D eigenvalue weighted by atomic mass is 10.1. The molecule has 1 aromatic heterocycles. The molecule has 0 aliphatic heterocycles. The number of ether oxygens (including phenoxy) is 2. The zero-order chi connectivity index (χ0) is 16.1. The van der Waals surface area contributed by atoms with E-state index in [9.17, 15) is 4.79 Å². The molecule has 1 amide bonds. The number of hydrogen-bond acceptors (Lipinski definition) is 5. The van der Waals surface area contributed by atoms with E-state index in [1.165, 1.54) is 0 Å². The number of hydrogen-bond donors (Lipinski definition) is 1. The number of aryl methyl sites for hydroxylation is 2. The van der Waals surface area contributed by atoms with Crippen LogP contribution in [0.2, 0.25) is 0 Å². The third-order valence-corrected chi connectivity index (χ3v) is 3.26. The van der Waals surface area contributed by atoms with Gasteiger partial charge in [0.1, 0.15) is 5.76 Å². The summed E-state index contributed by atoms with van der Waals surface area (Å²) >= 11 is 0. The van der Waals surface area contributed by atoms with Crippen LogP contribution in [0.25, 0.3) is 0 Å². The minimum Gasteiger partial charge on any atom is -0.493 e. The zero-order valence-electron chi connectivity index (χ0n) is 13.2. The Morgan fingerprint density at radius 2 is 1.95 bits per heavy atom. The Morgan fingerprint density at radius 1 is 1.23 bits per heavy atom. The summed E-state index contributed by atoms with van der Waals surface area (Å²) in [5.74, 6) is 2.43. The highest BCUT2D eigenvalue weighted by Gasteiger charge is 2.11. The van der Waals surface area contributed by atoms with Crippen molar-refractivity contribution in [3.05, 3.63) is 41.1 Å². The number of carbonyl (C=O) groups excluding carboxylic acids is 1. The van der Waals surface area contributed by atoms with Crippen LogP contribution in [0.1, 0.15) is 22.9 Å².